The predicted octanol–water partition coefficient (Wildman–Crippen LogP) is 3.52. The largest absolute Gasteiger partial charge is 0.295 e. The van der Waals surface area contributed by atoms with Crippen LogP contribution in [0.25, 0.3) is 0 Å². The van der Waals surface area contributed by atoms with E-state index in [-0.39, 0.29) is 12.5 Å². The molecule has 0 atom stereocenters. The second-order valence-corrected chi connectivity index (χ2v) is 6.48. The normalized spacial score (nSPS) is 15.9. The topological polar surface area (TPSA) is 45.0 Å². The molecule has 0 N–H and O–H groups in total. The van der Waals surface area contributed by atoms with E-state index < -0.39 is 0 Å². The molecule has 114 valence electrons. The number of aliphatic imine (C=N–C) groups is 2. The molecule has 5 heteroatoms. The minimum Gasteiger partial charge on any atom is -0.295 e. The van der Waals surface area contributed by atoms with E-state index >= 15 is 0 Å². The summed E-state index contributed by atoms with van der Waals surface area (Å²) in [6.45, 7) is 2.39. The molecule has 2 aliphatic heterocycles. The van der Waals surface area contributed by atoms with E-state index in [1.165, 1.54) is 11.1 Å². The number of carbonyl (C=O) groups excluding carboxylic acids is 1. The zero-order valence-electron chi connectivity index (χ0n) is 12.7. The van der Waals surface area contributed by atoms with Gasteiger partial charge in [0, 0.05) is 11.3 Å². The van der Waals surface area contributed by atoms with Crippen molar-refractivity contribution in [1.82, 2.24) is 4.90 Å². The van der Waals surface area contributed by atoms with Crippen molar-refractivity contribution in [3.63, 3.8) is 0 Å². The molecule has 4 nitrogen and oxygen atoms in total. The number of hydrogen-bond acceptors (Lipinski definition) is 4. The molecule has 0 unspecified atom stereocenters. The van der Waals surface area contributed by atoms with Crippen LogP contribution in [0.5, 0.6) is 0 Å². The molecule has 0 saturated heterocycles. The summed E-state index contributed by atoms with van der Waals surface area (Å²) in [7, 11) is 0. The van der Waals surface area contributed by atoms with Gasteiger partial charge >= 0.3 is 0 Å². The van der Waals surface area contributed by atoms with Crippen LogP contribution in [0.4, 0.5) is 5.69 Å². The maximum absolute atomic E-state index is 11.8. The van der Waals surface area contributed by atoms with E-state index in [0.29, 0.717) is 0 Å². The maximum atomic E-state index is 11.8. The van der Waals surface area contributed by atoms with Gasteiger partial charge < -0.3 is 0 Å². The van der Waals surface area contributed by atoms with E-state index in [1.54, 1.807) is 11.8 Å². The van der Waals surface area contributed by atoms with Crippen molar-refractivity contribution in [3.8, 4) is 0 Å². The van der Waals surface area contributed by atoms with Gasteiger partial charge in [-0.25, -0.2) is 4.99 Å². The molecule has 23 heavy (non-hydrogen) atoms. The maximum Gasteiger partial charge on any atom is 0.267 e. The molecule has 0 bridgehead atoms. The molecule has 0 fully saturated rings. The summed E-state index contributed by atoms with van der Waals surface area (Å²) in [5.74, 6) is 1.44. The SMILES string of the molecule is Cc1ccccc1CSC1=Nc2ccccc2C2=NC(=O)CN12. The average molecular weight is 321 g/mol. The lowest BCUT2D eigenvalue weighted by molar-refractivity contribution is -0.116. The van der Waals surface area contributed by atoms with Crippen LogP contribution in [0.1, 0.15) is 16.7 Å². The molecule has 1 amide bonds. The lowest BCUT2D eigenvalue weighted by Gasteiger charge is -2.26. The van der Waals surface area contributed by atoms with E-state index in [9.17, 15) is 4.79 Å². The highest BCUT2D eigenvalue weighted by Gasteiger charge is 2.33. The highest BCUT2D eigenvalue weighted by molar-refractivity contribution is 8.13. The third-order valence-corrected chi connectivity index (χ3v) is 5.01. The van der Waals surface area contributed by atoms with Crippen LogP contribution in [0.3, 0.4) is 0 Å². The Balaban J connectivity index is 1.66. The van der Waals surface area contributed by atoms with Gasteiger partial charge in [0.15, 0.2) is 5.17 Å². The Morgan fingerprint density at radius 1 is 1.09 bits per heavy atom. The van der Waals surface area contributed by atoms with Gasteiger partial charge in [0.1, 0.15) is 12.4 Å². The van der Waals surface area contributed by atoms with Crippen molar-refractivity contribution >= 4 is 34.4 Å². The summed E-state index contributed by atoms with van der Waals surface area (Å²) in [5.41, 5.74) is 4.36. The molecule has 2 aromatic carbocycles. The Kier molecular flexibility index (Phi) is 3.50. The van der Waals surface area contributed by atoms with Gasteiger partial charge in [0.05, 0.1) is 5.69 Å². The van der Waals surface area contributed by atoms with E-state index in [4.69, 9.17) is 4.99 Å². The molecular weight excluding hydrogens is 306 g/mol. The summed E-state index contributed by atoms with van der Waals surface area (Å²) in [5, 5.41) is 0.844. The monoisotopic (exact) mass is 321 g/mol. The number of hydrogen-bond donors (Lipinski definition) is 0. The van der Waals surface area contributed by atoms with Crippen LogP contribution in [-0.4, -0.2) is 28.4 Å². The number of para-hydroxylation sites is 1. The van der Waals surface area contributed by atoms with Crippen LogP contribution in [-0.2, 0) is 10.5 Å². The van der Waals surface area contributed by atoms with Crippen molar-refractivity contribution in [3.05, 3.63) is 65.2 Å². The van der Waals surface area contributed by atoms with Crippen molar-refractivity contribution in [2.75, 3.05) is 6.54 Å². The number of fused-ring (bicyclic) bond motifs is 3. The summed E-state index contributed by atoms with van der Waals surface area (Å²) < 4.78 is 0. The van der Waals surface area contributed by atoms with Gasteiger partial charge in [-0.2, -0.15) is 4.99 Å². The quantitative estimate of drug-likeness (QED) is 0.850. The van der Waals surface area contributed by atoms with Crippen LogP contribution in [0.2, 0.25) is 0 Å². The molecule has 2 heterocycles. The summed E-state index contributed by atoms with van der Waals surface area (Å²) in [6.07, 6.45) is 0. The molecular formula is C18H15N3OS. The fourth-order valence-corrected chi connectivity index (χ4v) is 3.81. The zero-order valence-corrected chi connectivity index (χ0v) is 13.5. The molecule has 0 aromatic heterocycles. The number of amidine groups is 2. The fourth-order valence-electron chi connectivity index (χ4n) is 2.74. The second-order valence-electron chi connectivity index (χ2n) is 5.54. The lowest BCUT2D eigenvalue weighted by Crippen LogP contribution is -2.36. The van der Waals surface area contributed by atoms with Gasteiger partial charge in [-0.1, -0.05) is 48.2 Å². The lowest BCUT2D eigenvalue weighted by atomic mass is 10.1. The highest BCUT2D eigenvalue weighted by Crippen LogP contribution is 2.32. The van der Waals surface area contributed by atoms with Crippen molar-refractivity contribution in [1.29, 1.82) is 0 Å². The number of rotatable bonds is 2. The number of benzene rings is 2. The molecule has 2 aromatic rings. The van der Waals surface area contributed by atoms with Gasteiger partial charge in [-0.05, 0) is 30.2 Å². The molecule has 0 aliphatic carbocycles. The van der Waals surface area contributed by atoms with E-state index in [1.807, 2.05) is 41.3 Å². The Morgan fingerprint density at radius 2 is 1.87 bits per heavy atom. The van der Waals surface area contributed by atoms with Gasteiger partial charge in [0.25, 0.3) is 5.91 Å². The molecule has 4 rings (SSSR count). The number of aryl methyl sites for hydroxylation is 1. The van der Waals surface area contributed by atoms with Crippen molar-refractivity contribution < 1.29 is 4.79 Å². The van der Waals surface area contributed by atoms with E-state index in [2.05, 4.69) is 24.0 Å². The third-order valence-electron chi connectivity index (χ3n) is 3.99. The van der Waals surface area contributed by atoms with Gasteiger partial charge in [-0.15, -0.1) is 0 Å². The fraction of sp³-hybridized carbons (Fsp3) is 0.167. The summed E-state index contributed by atoms with van der Waals surface area (Å²) in [4.78, 5) is 22.6. The van der Waals surface area contributed by atoms with Crippen LogP contribution >= 0.6 is 11.8 Å². The van der Waals surface area contributed by atoms with Crippen LogP contribution in [0, 0.1) is 6.92 Å². The van der Waals surface area contributed by atoms with Crippen LogP contribution in [0.15, 0.2) is 58.5 Å². The van der Waals surface area contributed by atoms with Crippen molar-refractivity contribution in [2.24, 2.45) is 9.98 Å². The molecule has 0 saturated carbocycles. The third kappa shape index (κ3) is 2.57. The Hall–Kier alpha value is -2.40. The predicted molar refractivity (Wildman–Crippen MR) is 94.3 cm³/mol. The molecule has 0 radical (unpaired) electrons. The average Bonchev–Trinajstić information content (AvgIpc) is 2.96. The van der Waals surface area contributed by atoms with E-state index in [0.717, 1.165) is 28.0 Å². The van der Waals surface area contributed by atoms with Gasteiger partial charge in [0.2, 0.25) is 0 Å². The van der Waals surface area contributed by atoms with Crippen LogP contribution < -0.4 is 0 Å². The number of nitrogens with zero attached hydrogens (tertiary/aromatic N) is 3. The number of thioether (sulfide) groups is 1. The summed E-state index contributed by atoms with van der Waals surface area (Å²) >= 11 is 1.65. The first kappa shape index (κ1) is 14.2. The number of carbonyl (C=O) groups is 1. The first-order chi connectivity index (χ1) is 11.2. The first-order valence-electron chi connectivity index (χ1n) is 7.47. The Labute approximate surface area is 139 Å². The summed E-state index contributed by atoms with van der Waals surface area (Å²) in [6, 6.07) is 16.2. The Morgan fingerprint density at radius 3 is 2.74 bits per heavy atom. The van der Waals surface area contributed by atoms with Crippen molar-refractivity contribution in [2.45, 2.75) is 12.7 Å². The Bertz CT molecular complexity index is 857. The standard InChI is InChI=1S/C18H15N3OS/c1-12-6-2-3-7-13(12)11-23-18-19-15-9-5-4-8-14(15)17-20-16(22)10-21(17)18/h2-9H,10-11H2,1H3. The highest BCUT2D eigenvalue weighted by atomic mass is 32.2. The van der Waals surface area contributed by atoms with Gasteiger partial charge in [-0.3, -0.25) is 9.69 Å². The minimum absolute atomic E-state index is 0.110. The smallest absolute Gasteiger partial charge is 0.267 e. The second kappa shape index (κ2) is 5.66. The molecule has 2 aliphatic rings. The number of amides is 1. The minimum atomic E-state index is -0.110. The zero-order chi connectivity index (χ0) is 15.8. The molecule has 0 spiro atoms. The first-order valence-corrected chi connectivity index (χ1v) is 8.45.